The molecule has 4 atom stereocenters. The summed E-state index contributed by atoms with van der Waals surface area (Å²) in [5.74, 6) is 0. The standard InChI is InChI=1S/C14H17NO5/c16-11-6-15-10(8-20-14(15)18)13(12(11)17)19-7-9-4-2-1-3-5-9/h1-5,10-13,16-17H,6-8H2/t10-,11-,12-,13+/m1/s1. The van der Waals surface area contributed by atoms with Gasteiger partial charge in [-0.25, -0.2) is 4.79 Å². The quantitative estimate of drug-likeness (QED) is 0.822. The van der Waals surface area contributed by atoms with Crippen LogP contribution in [0.1, 0.15) is 5.56 Å². The lowest BCUT2D eigenvalue weighted by Crippen LogP contribution is -2.61. The van der Waals surface area contributed by atoms with E-state index in [1.54, 1.807) is 0 Å². The van der Waals surface area contributed by atoms with Gasteiger partial charge in [0.25, 0.3) is 0 Å². The predicted octanol–water partition coefficient (Wildman–Crippen LogP) is 0.128. The first kappa shape index (κ1) is 13.4. The Hall–Kier alpha value is -1.63. The number of carbonyl (C=O) groups excluding carboxylic acids is 1. The second-order valence-corrected chi connectivity index (χ2v) is 5.12. The van der Waals surface area contributed by atoms with Crippen molar-refractivity contribution in [2.45, 2.75) is 31.0 Å². The number of aliphatic hydroxyl groups is 2. The van der Waals surface area contributed by atoms with E-state index in [2.05, 4.69) is 0 Å². The zero-order valence-corrected chi connectivity index (χ0v) is 10.9. The molecular weight excluding hydrogens is 262 g/mol. The molecule has 0 radical (unpaired) electrons. The van der Waals surface area contributed by atoms with E-state index in [1.807, 2.05) is 30.3 Å². The van der Waals surface area contributed by atoms with Crippen molar-refractivity contribution in [3.05, 3.63) is 35.9 Å². The van der Waals surface area contributed by atoms with Crippen molar-refractivity contribution in [2.75, 3.05) is 13.2 Å². The van der Waals surface area contributed by atoms with E-state index in [4.69, 9.17) is 9.47 Å². The van der Waals surface area contributed by atoms with Crippen molar-refractivity contribution < 1.29 is 24.5 Å². The minimum Gasteiger partial charge on any atom is -0.447 e. The Morgan fingerprint density at radius 1 is 1.30 bits per heavy atom. The number of benzene rings is 1. The number of cyclic esters (lactones) is 1. The number of amides is 1. The lowest BCUT2D eigenvalue weighted by atomic mass is 9.95. The van der Waals surface area contributed by atoms with Crippen LogP contribution in [0.15, 0.2) is 30.3 Å². The molecule has 2 aliphatic rings. The predicted molar refractivity (Wildman–Crippen MR) is 68.9 cm³/mol. The summed E-state index contributed by atoms with van der Waals surface area (Å²) < 4.78 is 10.7. The summed E-state index contributed by atoms with van der Waals surface area (Å²) in [5, 5.41) is 19.9. The lowest BCUT2D eigenvalue weighted by Gasteiger charge is -2.40. The van der Waals surface area contributed by atoms with Gasteiger partial charge in [-0.2, -0.15) is 0 Å². The van der Waals surface area contributed by atoms with Gasteiger partial charge in [0, 0.05) is 0 Å². The van der Waals surface area contributed by atoms with Crippen LogP contribution < -0.4 is 0 Å². The van der Waals surface area contributed by atoms with Gasteiger partial charge in [-0.1, -0.05) is 30.3 Å². The molecule has 2 heterocycles. The maximum atomic E-state index is 11.5. The van der Waals surface area contributed by atoms with Crippen LogP contribution in [0.3, 0.4) is 0 Å². The first-order valence-electron chi connectivity index (χ1n) is 6.62. The van der Waals surface area contributed by atoms with E-state index in [1.165, 1.54) is 4.90 Å². The van der Waals surface area contributed by atoms with E-state index >= 15 is 0 Å². The smallest absolute Gasteiger partial charge is 0.410 e. The van der Waals surface area contributed by atoms with Crippen LogP contribution in [0.5, 0.6) is 0 Å². The number of nitrogens with zero attached hydrogens (tertiary/aromatic N) is 1. The minimum atomic E-state index is -1.02. The summed E-state index contributed by atoms with van der Waals surface area (Å²) >= 11 is 0. The molecule has 1 amide bonds. The normalized spacial score (nSPS) is 32.9. The minimum absolute atomic E-state index is 0.0792. The van der Waals surface area contributed by atoms with Gasteiger partial charge in [0.2, 0.25) is 0 Å². The highest BCUT2D eigenvalue weighted by molar-refractivity contribution is 5.70. The fourth-order valence-corrected chi connectivity index (χ4v) is 2.68. The van der Waals surface area contributed by atoms with Gasteiger partial charge in [0.15, 0.2) is 0 Å². The summed E-state index contributed by atoms with van der Waals surface area (Å²) in [4.78, 5) is 13.0. The van der Waals surface area contributed by atoms with Crippen molar-refractivity contribution in [3.63, 3.8) is 0 Å². The van der Waals surface area contributed by atoms with Crippen LogP contribution in [0.4, 0.5) is 4.79 Å². The van der Waals surface area contributed by atoms with E-state index < -0.39 is 24.4 Å². The zero-order valence-electron chi connectivity index (χ0n) is 10.9. The summed E-state index contributed by atoms with van der Waals surface area (Å²) in [6, 6.07) is 9.20. The molecule has 0 aromatic heterocycles. The third-order valence-corrected chi connectivity index (χ3v) is 3.79. The number of carbonyl (C=O) groups is 1. The largest absolute Gasteiger partial charge is 0.447 e. The highest BCUT2D eigenvalue weighted by Gasteiger charge is 2.49. The molecule has 6 nitrogen and oxygen atoms in total. The molecule has 0 aliphatic carbocycles. The topological polar surface area (TPSA) is 79.2 Å². The van der Waals surface area contributed by atoms with Gasteiger partial charge >= 0.3 is 6.09 Å². The van der Waals surface area contributed by atoms with Gasteiger partial charge in [0.1, 0.15) is 24.9 Å². The van der Waals surface area contributed by atoms with Crippen molar-refractivity contribution in [1.82, 2.24) is 4.90 Å². The number of fused-ring (bicyclic) bond motifs is 1. The Morgan fingerprint density at radius 3 is 2.80 bits per heavy atom. The van der Waals surface area contributed by atoms with Gasteiger partial charge in [0.05, 0.1) is 19.2 Å². The Kier molecular flexibility index (Phi) is 3.60. The van der Waals surface area contributed by atoms with E-state index in [9.17, 15) is 15.0 Å². The van der Waals surface area contributed by atoms with Crippen LogP contribution in [0.2, 0.25) is 0 Å². The van der Waals surface area contributed by atoms with Gasteiger partial charge < -0.3 is 19.7 Å². The Balaban J connectivity index is 1.71. The summed E-state index contributed by atoms with van der Waals surface area (Å²) in [7, 11) is 0. The van der Waals surface area contributed by atoms with E-state index in [0.29, 0.717) is 6.61 Å². The molecule has 0 spiro atoms. The van der Waals surface area contributed by atoms with Crippen LogP contribution in [-0.4, -0.2) is 58.7 Å². The van der Waals surface area contributed by atoms with E-state index in [-0.39, 0.29) is 19.2 Å². The third-order valence-electron chi connectivity index (χ3n) is 3.79. The SMILES string of the molecule is O=C1OC[C@@H]2[C@H](OCc3ccccc3)[C@H](O)[C@H](O)CN12. The molecule has 108 valence electrons. The Bertz CT molecular complexity index is 480. The van der Waals surface area contributed by atoms with Gasteiger partial charge in [-0.05, 0) is 5.56 Å². The molecule has 2 saturated heterocycles. The summed E-state index contributed by atoms with van der Waals surface area (Å²) in [6.07, 6.45) is -3.15. The Morgan fingerprint density at radius 2 is 2.05 bits per heavy atom. The van der Waals surface area contributed by atoms with Crippen LogP contribution in [-0.2, 0) is 16.1 Å². The summed E-state index contributed by atoms with van der Waals surface area (Å²) in [5.41, 5.74) is 0.969. The molecule has 2 aliphatic heterocycles. The van der Waals surface area contributed by atoms with Crippen LogP contribution in [0, 0.1) is 0 Å². The molecule has 0 unspecified atom stereocenters. The second-order valence-electron chi connectivity index (χ2n) is 5.12. The highest BCUT2D eigenvalue weighted by atomic mass is 16.6. The fourth-order valence-electron chi connectivity index (χ4n) is 2.68. The molecular formula is C14H17NO5. The first-order chi connectivity index (χ1) is 9.66. The highest BCUT2D eigenvalue weighted by Crippen LogP contribution is 2.27. The molecule has 0 saturated carbocycles. The van der Waals surface area contributed by atoms with Gasteiger partial charge in [-0.15, -0.1) is 0 Å². The third kappa shape index (κ3) is 2.37. The number of piperidine rings is 1. The molecule has 6 heteroatoms. The van der Waals surface area contributed by atoms with E-state index in [0.717, 1.165) is 5.56 Å². The molecule has 1 aromatic carbocycles. The number of aliphatic hydroxyl groups excluding tert-OH is 2. The summed E-state index contributed by atoms with van der Waals surface area (Å²) in [6.45, 7) is 0.575. The number of hydrogen-bond donors (Lipinski definition) is 2. The van der Waals surface area contributed by atoms with Crippen LogP contribution in [0.25, 0.3) is 0 Å². The monoisotopic (exact) mass is 279 g/mol. The maximum Gasteiger partial charge on any atom is 0.410 e. The van der Waals surface area contributed by atoms with Crippen molar-refractivity contribution in [1.29, 1.82) is 0 Å². The number of rotatable bonds is 3. The maximum absolute atomic E-state index is 11.5. The Labute approximate surface area is 116 Å². The molecule has 0 bridgehead atoms. The molecule has 20 heavy (non-hydrogen) atoms. The molecule has 1 aromatic rings. The van der Waals surface area contributed by atoms with Crippen molar-refractivity contribution >= 4 is 6.09 Å². The molecule has 2 N–H and O–H groups in total. The number of hydrogen-bond acceptors (Lipinski definition) is 5. The zero-order chi connectivity index (χ0) is 14.1. The van der Waals surface area contributed by atoms with Crippen LogP contribution >= 0.6 is 0 Å². The fraction of sp³-hybridized carbons (Fsp3) is 0.500. The van der Waals surface area contributed by atoms with Crippen molar-refractivity contribution in [3.8, 4) is 0 Å². The molecule has 3 rings (SSSR count). The number of ether oxygens (including phenoxy) is 2. The lowest BCUT2D eigenvalue weighted by molar-refractivity contribution is -0.147. The van der Waals surface area contributed by atoms with Gasteiger partial charge in [-0.3, -0.25) is 4.90 Å². The average molecular weight is 279 g/mol. The molecule has 2 fully saturated rings. The first-order valence-corrected chi connectivity index (χ1v) is 6.62. The average Bonchev–Trinajstić information content (AvgIpc) is 2.82. The van der Waals surface area contributed by atoms with Crippen molar-refractivity contribution in [2.24, 2.45) is 0 Å². The second kappa shape index (κ2) is 5.40.